The number of hydrogen-bond donors (Lipinski definition) is 1. The molecule has 0 saturated heterocycles. The molecule has 0 fully saturated rings. The molecule has 21 heavy (non-hydrogen) atoms. The van der Waals surface area contributed by atoms with Crippen LogP contribution in [0.15, 0.2) is 24.3 Å². The number of benzene rings is 1. The van der Waals surface area contributed by atoms with Crippen molar-refractivity contribution in [3.05, 3.63) is 29.8 Å². The van der Waals surface area contributed by atoms with Crippen LogP contribution in [0.3, 0.4) is 0 Å². The van der Waals surface area contributed by atoms with Crippen LogP contribution in [-0.2, 0) is 0 Å². The topological polar surface area (TPSA) is 24.5 Å². The molecule has 3 heteroatoms. The fourth-order valence-electron chi connectivity index (χ4n) is 2.66. The Balaban J connectivity index is 2.46. The van der Waals surface area contributed by atoms with E-state index in [-0.39, 0.29) is 0 Å². The highest BCUT2D eigenvalue weighted by Crippen LogP contribution is 2.17. The van der Waals surface area contributed by atoms with Crippen LogP contribution in [0, 0.1) is 0 Å². The zero-order valence-corrected chi connectivity index (χ0v) is 14.5. The molecular formula is C18H32N2O. The quantitative estimate of drug-likeness (QED) is 0.748. The lowest BCUT2D eigenvalue weighted by Crippen LogP contribution is -2.39. The van der Waals surface area contributed by atoms with Crippen LogP contribution in [0.5, 0.6) is 5.75 Å². The van der Waals surface area contributed by atoms with E-state index in [1.54, 1.807) is 0 Å². The van der Waals surface area contributed by atoms with Crippen LogP contribution >= 0.6 is 0 Å². The summed E-state index contributed by atoms with van der Waals surface area (Å²) in [5.41, 5.74) is 1.30. The Kier molecular flexibility index (Phi) is 7.76. The van der Waals surface area contributed by atoms with Crippen LogP contribution < -0.4 is 10.1 Å². The van der Waals surface area contributed by atoms with E-state index in [2.05, 4.69) is 76.0 Å². The van der Waals surface area contributed by atoms with Gasteiger partial charge in [0.1, 0.15) is 12.4 Å². The third-order valence-electron chi connectivity index (χ3n) is 3.84. The first-order valence-corrected chi connectivity index (χ1v) is 8.17. The number of nitrogens with one attached hydrogen (secondary N) is 1. The standard InChI is InChI=1S/C18H32N2O/c1-7-19-16(6)17-8-10-18(11-9-17)21-13-12-20(14(2)3)15(4)5/h8-11,14-16,19H,7,12-13H2,1-6H3. The smallest absolute Gasteiger partial charge is 0.119 e. The van der Waals surface area contributed by atoms with Gasteiger partial charge in [-0.05, 0) is 58.9 Å². The summed E-state index contributed by atoms with van der Waals surface area (Å²) in [7, 11) is 0. The molecule has 1 N–H and O–H groups in total. The van der Waals surface area contributed by atoms with Gasteiger partial charge in [0.15, 0.2) is 0 Å². The molecule has 0 aromatic heterocycles. The van der Waals surface area contributed by atoms with Gasteiger partial charge in [0.2, 0.25) is 0 Å². The average molecular weight is 292 g/mol. The summed E-state index contributed by atoms with van der Waals surface area (Å²) in [6.07, 6.45) is 0. The summed E-state index contributed by atoms with van der Waals surface area (Å²) >= 11 is 0. The summed E-state index contributed by atoms with van der Waals surface area (Å²) in [4.78, 5) is 2.45. The lowest BCUT2D eigenvalue weighted by molar-refractivity contribution is 0.142. The Morgan fingerprint density at radius 1 is 1.00 bits per heavy atom. The first kappa shape index (κ1) is 18.0. The maximum Gasteiger partial charge on any atom is 0.119 e. The van der Waals surface area contributed by atoms with Crippen LogP contribution in [0.2, 0.25) is 0 Å². The zero-order valence-electron chi connectivity index (χ0n) is 14.5. The average Bonchev–Trinajstić information content (AvgIpc) is 2.43. The fourth-order valence-corrected chi connectivity index (χ4v) is 2.66. The monoisotopic (exact) mass is 292 g/mol. The lowest BCUT2D eigenvalue weighted by atomic mass is 10.1. The maximum absolute atomic E-state index is 5.87. The lowest BCUT2D eigenvalue weighted by Gasteiger charge is -2.30. The van der Waals surface area contributed by atoms with E-state index in [9.17, 15) is 0 Å². The molecule has 0 heterocycles. The van der Waals surface area contributed by atoms with E-state index < -0.39 is 0 Å². The molecule has 0 spiro atoms. The third kappa shape index (κ3) is 6.06. The normalized spacial score (nSPS) is 13.2. The van der Waals surface area contributed by atoms with Gasteiger partial charge in [-0.25, -0.2) is 0 Å². The molecule has 1 rings (SSSR count). The predicted molar refractivity (Wildman–Crippen MR) is 91.0 cm³/mol. The van der Waals surface area contributed by atoms with E-state index in [1.807, 2.05) is 0 Å². The minimum atomic E-state index is 0.390. The molecule has 120 valence electrons. The van der Waals surface area contributed by atoms with Crippen LogP contribution in [0.1, 0.15) is 53.1 Å². The molecule has 0 bridgehead atoms. The Bertz CT molecular complexity index is 379. The number of rotatable bonds is 9. The molecule has 0 saturated carbocycles. The molecule has 1 atom stereocenters. The second kappa shape index (κ2) is 9.06. The number of ether oxygens (including phenoxy) is 1. The SMILES string of the molecule is CCNC(C)c1ccc(OCCN(C(C)C)C(C)C)cc1. The molecule has 0 aliphatic heterocycles. The Labute approximate surface area is 130 Å². The molecule has 1 aromatic rings. The van der Waals surface area contributed by atoms with Crippen molar-refractivity contribution in [2.45, 2.75) is 59.7 Å². The molecular weight excluding hydrogens is 260 g/mol. The minimum Gasteiger partial charge on any atom is -0.492 e. The van der Waals surface area contributed by atoms with Gasteiger partial charge >= 0.3 is 0 Å². The zero-order chi connectivity index (χ0) is 15.8. The van der Waals surface area contributed by atoms with E-state index in [0.717, 1.165) is 25.4 Å². The Hall–Kier alpha value is -1.06. The van der Waals surface area contributed by atoms with Crippen molar-refractivity contribution in [3.8, 4) is 5.75 Å². The Morgan fingerprint density at radius 3 is 2.05 bits per heavy atom. The molecule has 0 aliphatic carbocycles. The summed E-state index contributed by atoms with van der Waals surface area (Å²) in [5.74, 6) is 0.954. The van der Waals surface area contributed by atoms with Gasteiger partial charge in [-0.15, -0.1) is 0 Å². The van der Waals surface area contributed by atoms with Crippen molar-refractivity contribution >= 4 is 0 Å². The first-order valence-electron chi connectivity index (χ1n) is 8.17. The van der Waals surface area contributed by atoms with E-state index in [1.165, 1.54) is 5.56 Å². The van der Waals surface area contributed by atoms with Gasteiger partial charge in [-0.1, -0.05) is 19.1 Å². The molecule has 0 aliphatic rings. The van der Waals surface area contributed by atoms with Gasteiger partial charge in [0.25, 0.3) is 0 Å². The van der Waals surface area contributed by atoms with Crippen molar-refractivity contribution in [1.82, 2.24) is 10.2 Å². The number of hydrogen-bond acceptors (Lipinski definition) is 3. The third-order valence-corrected chi connectivity index (χ3v) is 3.84. The molecule has 1 unspecified atom stereocenters. The van der Waals surface area contributed by atoms with Crippen LogP contribution in [0.4, 0.5) is 0 Å². The van der Waals surface area contributed by atoms with Gasteiger partial charge < -0.3 is 10.1 Å². The first-order chi connectivity index (χ1) is 9.95. The summed E-state index contributed by atoms with van der Waals surface area (Å²) < 4.78 is 5.87. The highest BCUT2D eigenvalue weighted by molar-refractivity contribution is 5.28. The van der Waals surface area contributed by atoms with Gasteiger partial charge in [0, 0.05) is 24.7 Å². The van der Waals surface area contributed by atoms with E-state index in [0.29, 0.717) is 18.1 Å². The predicted octanol–water partition coefficient (Wildman–Crippen LogP) is 3.85. The summed E-state index contributed by atoms with van der Waals surface area (Å²) in [6.45, 7) is 15.9. The van der Waals surface area contributed by atoms with E-state index in [4.69, 9.17) is 4.74 Å². The van der Waals surface area contributed by atoms with Crippen LogP contribution in [-0.4, -0.2) is 36.7 Å². The minimum absolute atomic E-state index is 0.390. The van der Waals surface area contributed by atoms with Crippen molar-refractivity contribution in [1.29, 1.82) is 0 Å². The highest BCUT2D eigenvalue weighted by Gasteiger charge is 2.12. The molecule has 0 amide bonds. The second-order valence-electron chi connectivity index (χ2n) is 6.12. The van der Waals surface area contributed by atoms with Gasteiger partial charge in [-0.2, -0.15) is 0 Å². The molecule has 0 radical (unpaired) electrons. The fraction of sp³-hybridized carbons (Fsp3) is 0.667. The molecule has 3 nitrogen and oxygen atoms in total. The molecule has 1 aromatic carbocycles. The van der Waals surface area contributed by atoms with E-state index >= 15 is 0 Å². The Morgan fingerprint density at radius 2 is 1.57 bits per heavy atom. The van der Waals surface area contributed by atoms with Gasteiger partial charge in [-0.3, -0.25) is 4.90 Å². The summed E-state index contributed by atoms with van der Waals surface area (Å²) in [5, 5.41) is 3.42. The van der Waals surface area contributed by atoms with Crippen LogP contribution in [0.25, 0.3) is 0 Å². The second-order valence-corrected chi connectivity index (χ2v) is 6.12. The van der Waals surface area contributed by atoms with Crippen molar-refractivity contribution < 1.29 is 4.74 Å². The largest absolute Gasteiger partial charge is 0.492 e. The van der Waals surface area contributed by atoms with Gasteiger partial charge in [0.05, 0.1) is 0 Å². The summed E-state index contributed by atoms with van der Waals surface area (Å²) in [6, 6.07) is 9.92. The van der Waals surface area contributed by atoms with Crippen molar-refractivity contribution in [3.63, 3.8) is 0 Å². The number of nitrogens with zero attached hydrogens (tertiary/aromatic N) is 1. The van der Waals surface area contributed by atoms with Crippen molar-refractivity contribution in [2.24, 2.45) is 0 Å². The maximum atomic E-state index is 5.87. The van der Waals surface area contributed by atoms with Crippen molar-refractivity contribution in [2.75, 3.05) is 19.7 Å². The highest BCUT2D eigenvalue weighted by atomic mass is 16.5.